The zero-order chi connectivity index (χ0) is 12.7. The molecule has 0 aliphatic carbocycles. The molecule has 0 unspecified atom stereocenters. The molecule has 3 nitrogen and oxygen atoms in total. The summed E-state index contributed by atoms with van der Waals surface area (Å²) in [5, 5.41) is 3.07. The average molecular weight is 234 g/mol. The van der Waals surface area contributed by atoms with Crippen molar-refractivity contribution in [3.63, 3.8) is 0 Å². The van der Waals surface area contributed by atoms with E-state index in [1.54, 1.807) is 0 Å². The Labute approximate surface area is 104 Å². The fourth-order valence-corrected chi connectivity index (χ4v) is 1.91. The number of hydrogen-bond acceptors (Lipinski definition) is 2. The monoisotopic (exact) mass is 234 g/mol. The van der Waals surface area contributed by atoms with Crippen molar-refractivity contribution in [2.75, 3.05) is 25.5 Å². The molecule has 0 saturated carbocycles. The van der Waals surface area contributed by atoms with Gasteiger partial charge in [0, 0.05) is 25.8 Å². The van der Waals surface area contributed by atoms with E-state index < -0.39 is 0 Å². The number of benzene rings is 1. The highest BCUT2D eigenvalue weighted by atomic mass is 16.2. The SMILES string of the molecule is CCCN(CCC)C(=O)c1ccccc1NC. The van der Waals surface area contributed by atoms with Crippen LogP contribution in [-0.4, -0.2) is 30.9 Å². The van der Waals surface area contributed by atoms with Crippen LogP contribution >= 0.6 is 0 Å². The lowest BCUT2D eigenvalue weighted by atomic mass is 10.1. The number of para-hydroxylation sites is 1. The molecule has 0 fully saturated rings. The number of nitrogens with zero attached hydrogens (tertiary/aromatic N) is 1. The summed E-state index contributed by atoms with van der Waals surface area (Å²) in [7, 11) is 1.84. The molecule has 1 N–H and O–H groups in total. The Hall–Kier alpha value is -1.51. The number of amides is 1. The second-order valence-electron chi connectivity index (χ2n) is 4.09. The van der Waals surface area contributed by atoms with E-state index in [2.05, 4.69) is 19.2 Å². The van der Waals surface area contributed by atoms with Crippen molar-refractivity contribution < 1.29 is 4.79 Å². The lowest BCUT2D eigenvalue weighted by Crippen LogP contribution is -2.32. The molecule has 17 heavy (non-hydrogen) atoms. The van der Waals surface area contributed by atoms with Crippen LogP contribution in [0.15, 0.2) is 24.3 Å². The Balaban J connectivity index is 2.92. The largest absolute Gasteiger partial charge is 0.387 e. The van der Waals surface area contributed by atoms with Gasteiger partial charge in [0.25, 0.3) is 5.91 Å². The molecule has 0 heterocycles. The minimum Gasteiger partial charge on any atom is -0.387 e. The number of carbonyl (C=O) groups is 1. The van der Waals surface area contributed by atoms with E-state index in [0.29, 0.717) is 0 Å². The zero-order valence-electron chi connectivity index (χ0n) is 11.0. The van der Waals surface area contributed by atoms with Gasteiger partial charge in [-0.05, 0) is 25.0 Å². The van der Waals surface area contributed by atoms with Gasteiger partial charge in [-0.3, -0.25) is 4.79 Å². The molecular weight excluding hydrogens is 212 g/mol. The van der Waals surface area contributed by atoms with E-state index in [9.17, 15) is 4.79 Å². The molecule has 1 amide bonds. The lowest BCUT2D eigenvalue weighted by molar-refractivity contribution is 0.0756. The van der Waals surface area contributed by atoms with Crippen LogP contribution in [0.25, 0.3) is 0 Å². The molecule has 1 rings (SSSR count). The zero-order valence-corrected chi connectivity index (χ0v) is 11.0. The molecule has 0 aliphatic rings. The van der Waals surface area contributed by atoms with E-state index in [0.717, 1.165) is 37.2 Å². The van der Waals surface area contributed by atoms with Gasteiger partial charge in [0.15, 0.2) is 0 Å². The molecule has 0 saturated heterocycles. The Morgan fingerprint density at radius 1 is 1.18 bits per heavy atom. The predicted octanol–water partition coefficient (Wildman–Crippen LogP) is 2.99. The van der Waals surface area contributed by atoms with Crippen molar-refractivity contribution in [1.29, 1.82) is 0 Å². The standard InChI is InChI=1S/C14H22N2O/c1-4-10-16(11-5-2)14(17)12-8-6-7-9-13(12)15-3/h6-9,15H,4-5,10-11H2,1-3H3. The Bertz CT molecular complexity index is 357. The van der Waals surface area contributed by atoms with Crippen LogP contribution < -0.4 is 5.32 Å². The highest BCUT2D eigenvalue weighted by Gasteiger charge is 2.16. The molecule has 94 valence electrons. The summed E-state index contributed by atoms with van der Waals surface area (Å²) in [6, 6.07) is 7.66. The van der Waals surface area contributed by atoms with Crippen LogP contribution in [0.1, 0.15) is 37.0 Å². The van der Waals surface area contributed by atoms with Crippen LogP contribution in [0.3, 0.4) is 0 Å². The first-order chi connectivity index (χ1) is 8.24. The third kappa shape index (κ3) is 3.48. The predicted molar refractivity (Wildman–Crippen MR) is 72.5 cm³/mol. The summed E-state index contributed by atoms with van der Waals surface area (Å²) < 4.78 is 0. The second-order valence-corrected chi connectivity index (χ2v) is 4.09. The van der Waals surface area contributed by atoms with Crippen molar-refractivity contribution in [2.24, 2.45) is 0 Å². The highest BCUT2D eigenvalue weighted by Crippen LogP contribution is 2.16. The Morgan fingerprint density at radius 3 is 2.29 bits per heavy atom. The fraction of sp³-hybridized carbons (Fsp3) is 0.500. The van der Waals surface area contributed by atoms with Crippen molar-refractivity contribution in [1.82, 2.24) is 4.90 Å². The van der Waals surface area contributed by atoms with Crippen LogP contribution in [0.5, 0.6) is 0 Å². The molecular formula is C14H22N2O. The van der Waals surface area contributed by atoms with Gasteiger partial charge in [-0.15, -0.1) is 0 Å². The molecule has 0 aromatic heterocycles. The van der Waals surface area contributed by atoms with Crippen molar-refractivity contribution in [3.8, 4) is 0 Å². The average Bonchev–Trinajstić information content (AvgIpc) is 2.37. The van der Waals surface area contributed by atoms with Gasteiger partial charge in [-0.2, -0.15) is 0 Å². The number of hydrogen-bond donors (Lipinski definition) is 1. The summed E-state index contributed by atoms with van der Waals surface area (Å²) in [6.07, 6.45) is 1.99. The summed E-state index contributed by atoms with van der Waals surface area (Å²) in [4.78, 5) is 14.3. The van der Waals surface area contributed by atoms with Crippen LogP contribution in [-0.2, 0) is 0 Å². The number of anilines is 1. The van der Waals surface area contributed by atoms with Crippen LogP contribution in [0.4, 0.5) is 5.69 Å². The van der Waals surface area contributed by atoms with E-state index in [1.807, 2.05) is 36.2 Å². The van der Waals surface area contributed by atoms with E-state index in [4.69, 9.17) is 0 Å². The van der Waals surface area contributed by atoms with Gasteiger partial charge in [0.05, 0.1) is 5.56 Å². The summed E-state index contributed by atoms with van der Waals surface area (Å²) in [6.45, 7) is 5.84. The molecule has 0 atom stereocenters. The smallest absolute Gasteiger partial charge is 0.255 e. The van der Waals surface area contributed by atoms with Gasteiger partial charge in [-0.25, -0.2) is 0 Å². The second kappa shape index (κ2) is 6.94. The Kier molecular flexibility index (Phi) is 5.53. The molecule has 1 aromatic carbocycles. The van der Waals surface area contributed by atoms with Crippen molar-refractivity contribution in [2.45, 2.75) is 26.7 Å². The molecule has 3 heteroatoms. The van der Waals surface area contributed by atoms with Gasteiger partial charge >= 0.3 is 0 Å². The highest BCUT2D eigenvalue weighted by molar-refractivity contribution is 5.99. The van der Waals surface area contributed by atoms with Crippen LogP contribution in [0, 0.1) is 0 Å². The summed E-state index contributed by atoms with van der Waals surface area (Å²) in [5.41, 5.74) is 1.66. The maximum Gasteiger partial charge on any atom is 0.255 e. The molecule has 0 aliphatic heterocycles. The number of carbonyl (C=O) groups excluding carboxylic acids is 1. The van der Waals surface area contributed by atoms with E-state index in [1.165, 1.54) is 0 Å². The number of nitrogens with one attached hydrogen (secondary N) is 1. The van der Waals surface area contributed by atoms with Crippen molar-refractivity contribution in [3.05, 3.63) is 29.8 Å². The quantitative estimate of drug-likeness (QED) is 0.820. The minimum absolute atomic E-state index is 0.124. The van der Waals surface area contributed by atoms with Gasteiger partial charge in [0.1, 0.15) is 0 Å². The third-order valence-corrected chi connectivity index (χ3v) is 2.70. The fourth-order valence-electron chi connectivity index (χ4n) is 1.91. The maximum atomic E-state index is 12.4. The molecule has 1 aromatic rings. The lowest BCUT2D eigenvalue weighted by Gasteiger charge is -2.22. The topological polar surface area (TPSA) is 32.3 Å². The van der Waals surface area contributed by atoms with E-state index in [-0.39, 0.29) is 5.91 Å². The molecule has 0 radical (unpaired) electrons. The van der Waals surface area contributed by atoms with Gasteiger partial charge in [-0.1, -0.05) is 26.0 Å². The van der Waals surface area contributed by atoms with Crippen molar-refractivity contribution >= 4 is 11.6 Å². The summed E-state index contributed by atoms with van der Waals surface area (Å²) in [5.74, 6) is 0.124. The molecule has 0 spiro atoms. The summed E-state index contributed by atoms with van der Waals surface area (Å²) >= 11 is 0. The van der Waals surface area contributed by atoms with Gasteiger partial charge in [0.2, 0.25) is 0 Å². The maximum absolute atomic E-state index is 12.4. The first-order valence-corrected chi connectivity index (χ1v) is 6.30. The van der Waals surface area contributed by atoms with Gasteiger partial charge < -0.3 is 10.2 Å². The third-order valence-electron chi connectivity index (χ3n) is 2.70. The Morgan fingerprint density at radius 2 is 1.76 bits per heavy atom. The normalized spacial score (nSPS) is 10.1. The first kappa shape index (κ1) is 13.6. The minimum atomic E-state index is 0.124. The van der Waals surface area contributed by atoms with E-state index >= 15 is 0 Å². The number of rotatable bonds is 6. The first-order valence-electron chi connectivity index (χ1n) is 6.30. The molecule has 0 bridgehead atoms. The van der Waals surface area contributed by atoms with Crippen LogP contribution in [0.2, 0.25) is 0 Å².